The van der Waals surface area contributed by atoms with Gasteiger partial charge in [-0.1, -0.05) is 90.2 Å². The second-order valence-corrected chi connectivity index (χ2v) is 15.1. The Labute approximate surface area is 306 Å². The van der Waals surface area contributed by atoms with E-state index < -0.39 is 12.0 Å². The molecule has 0 fully saturated rings. The molecular weight excluding hydrogens is 854 g/mol. The van der Waals surface area contributed by atoms with E-state index in [-0.39, 0.29) is 12.2 Å². The summed E-state index contributed by atoms with van der Waals surface area (Å²) in [5.41, 5.74) is 3.30. The summed E-state index contributed by atoms with van der Waals surface area (Å²) in [5, 5.41) is 4.25. The van der Waals surface area contributed by atoms with Gasteiger partial charge in [-0.3, -0.25) is 9.36 Å². The zero-order valence-electron chi connectivity index (χ0n) is 25.0. The standard InChI is InChI=1S/C37H26I2N2O4S2/c1-2-44-36(43)31-32(23-11-4-3-5-12-23)40-37-41(33(31)29-16-9-17-46-29)35(42)30(47-37)19-25-18-26(38)20-28(39)34(25)45-21-24-14-8-13-22-10-6-7-15-27(22)24/h3-20,33H,2,21H2,1H3/b30-19-/t33-/m0/s1. The number of halogens is 2. The van der Waals surface area contributed by atoms with Crippen molar-refractivity contribution in [1.29, 1.82) is 0 Å². The first-order valence-corrected chi connectivity index (χ1v) is 18.7. The number of hydrogen-bond donors (Lipinski definition) is 0. The highest BCUT2D eigenvalue weighted by atomic mass is 127. The number of ether oxygens (including phenoxy) is 2. The third-order valence-corrected chi connectivity index (χ3v) is 11.1. The molecule has 0 aliphatic carbocycles. The van der Waals surface area contributed by atoms with Crippen molar-refractivity contribution in [2.24, 2.45) is 4.99 Å². The average molecular weight is 881 g/mol. The minimum Gasteiger partial charge on any atom is -0.487 e. The molecule has 6 aromatic rings. The van der Waals surface area contributed by atoms with Crippen molar-refractivity contribution in [2.45, 2.75) is 19.6 Å². The molecule has 3 heterocycles. The Morgan fingerprint density at radius 1 is 0.979 bits per heavy atom. The topological polar surface area (TPSA) is 69.9 Å². The third kappa shape index (κ3) is 6.35. The lowest BCUT2D eigenvalue weighted by Crippen LogP contribution is -2.39. The van der Waals surface area contributed by atoms with Crippen LogP contribution in [0.1, 0.15) is 34.5 Å². The molecule has 0 bridgehead atoms. The van der Waals surface area contributed by atoms with Gasteiger partial charge >= 0.3 is 5.97 Å². The number of thiophene rings is 1. The molecule has 1 aliphatic heterocycles. The van der Waals surface area contributed by atoms with Crippen LogP contribution in [0.15, 0.2) is 118 Å². The molecule has 234 valence electrons. The van der Waals surface area contributed by atoms with E-state index in [2.05, 4.69) is 75.5 Å². The summed E-state index contributed by atoms with van der Waals surface area (Å²) in [6.07, 6.45) is 1.88. The zero-order valence-corrected chi connectivity index (χ0v) is 30.9. The minimum absolute atomic E-state index is 0.207. The molecule has 2 aromatic heterocycles. The number of nitrogens with zero attached hydrogens (tertiary/aromatic N) is 2. The molecule has 4 aromatic carbocycles. The smallest absolute Gasteiger partial charge is 0.338 e. The van der Waals surface area contributed by atoms with Crippen LogP contribution in [0.5, 0.6) is 5.75 Å². The van der Waals surface area contributed by atoms with Crippen LogP contribution in [0.2, 0.25) is 0 Å². The summed E-state index contributed by atoms with van der Waals surface area (Å²) in [4.78, 5) is 34.3. The van der Waals surface area contributed by atoms with Crippen LogP contribution in [0.25, 0.3) is 22.5 Å². The Morgan fingerprint density at radius 3 is 2.55 bits per heavy atom. The van der Waals surface area contributed by atoms with Gasteiger partial charge in [-0.25, -0.2) is 9.79 Å². The first-order chi connectivity index (χ1) is 22.9. The number of thiazole rings is 1. The molecule has 0 saturated heterocycles. The lowest BCUT2D eigenvalue weighted by molar-refractivity contribution is -0.138. The third-order valence-electron chi connectivity index (χ3n) is 7.76. The normalized spacial score (nSPS) is 14.6. The fraction of sp³-hybridized carbons (Fsp3) is 0.108. The summed E-state index contributed by atoms with van der Waals surface area (Å²) < 4.78 is 16.2. The quantitative estimate of drug-likeness (QED) is 0.115. The lowest BCUT2D eigenvalue weighted by Gasteiger charge is -2.24. The monoisotopic (exact) mass is 880 g/mol. The molecular formula is C37H26I2N2O4S2. The number of carbonyl (C=O) groups is 1. The number of rotatable bonds is 8. The van der Waals surface area contributed by atoms with Crippen LogP contribution in [0.4, 0.5) is 0 Å². The molecule has 1 atom stereocenters. The number of benzene rings is 4. The van der Waals surface area contributed by atoms with Gasteiger partial charge in [0.25, 0.3) is 5.56 Å². The number of fused-ring (bicyclic) bond motifs is 2. The number of esters is 1. The van der Waals surface area contributed by atoms with Crippen molar-refractivity contribution >= 4 is 96.4 Å². The van der Waals surface area contributed by atoms with E-state index in [0.717, 1.165) is 39.5 Å². The number of hydrogen-bond acceptors (Lipinski definition) is 7. The molecule has 0 spiro atoms. The van der Waals surface area contributed by atoms with E-state index in [0.29, 0.717) is 33.0 Å². The largest absolute Gasteiger partial charge is 0.487 e. The molecule has 47 heavy (non-hydrogen) atoms. The van der Waals surface area contributed by atoms with Crippen LogP contribution < -0.4 is 19.6 Å². The van der Waals surface area contributed by atoms with Crippen molar-refractivity contribution in [2.75, 3.05) is 6.61 Å². The fourth-order valence-corrected chi connectivity index (χ4v) is 9.57. The van der Waals surface area contributed by atoms with Gasteiger partial charge in [0, 0.05) is 19.6 Å². The van der Waals surface area contributed by atoms with Crippen LogP contribution in [-0.4, -0.2) is 17.1 Å². The van der Waals surface area contributed by atoms with Gasteiger partial charge in [0.15, 0.2) is 4.80 Å². The summed E-state index contributed by atoms with van der Waals surface area (Å²) in [5.74, 6) is 0.218. The molecule has 0 radical (unpaired) electrons. The van der Waals surface area contributed by atoms with Gasteiger partial charge < -0.3 is 9.47 Å². The Hall–Kier alpha value is -3.59. The second kappa shape index (κ2) is 13.9. The summed E-state index contributed by atoms with van der Waals surface area (Å²) in [6, 6.07) is 31.3. The summed E-state index contributed by atoms with van der Waals surface area (Å²) in [6.45, 7) is 2.36. The fourth-order valence-electron chi connectivity index (χ4n) is 5.71. The Morgan fingerprint density at radius 2 is 1.77 bits per heavy atom. The molecule has 6 nitrogen and oxygen atoms in total. The molecule has 0 saturated carbocycles. The van der Waals surface area contributed by atoms with Crippen molar-refractivity contribution in [3.05, 3.63) is 156 Å². The molecule has 0 N–H and O–H groups in total. The second-order valence-electron chi connectivity index (χ2n) is 10.7. The van der Waals surface area contributed by atoms with Crippen LogP contribution in [-0.2, 0) is 16.1 Å². The van der Waals surface area contributed by atoms with Crippen molar-refractivity contribution in [1.82, 2.24) is 4.57 Å². The first-order valence-electron chi connectivity index (χ1n) is 14.8. The minimum atomic E-state index is -0.680. The van der Waals surface area contributed by atoms with Gasteiger partial charge in [0.2, 0.25) is 0 Å². The SMILES string of the molecule is CCOC(=O)C1=C(c2ccccc2)N=c2s/c(=C\c3cc(I)cc(I)c3OCc3cccc4ccccc34)c(=O)n2[C@H]1c1cccs1. The Bertz CT molecular complexity index is 2340. The van der Waals surface area contributed by atoms with E-state index in [1.165, 1.54) is 22.7 Å². The van der Waals surface area contributed by atoms with Gasteiger partial charge in [0.1, 0.15) is 18.4 Å². The molecule has 10 heteroatoms. The molecule has 0 amide bonds. The highest BCUT2D eigenvalue weighted by Crippen LogP contribution is 2.37. The maximum atomic E-state index is 14.4. The van der Waals surface area contributed by atoms with E-state index in [1.807, 2.05) is 78.2 Å². The number of aromatic nitrogens is 1. The van der Waals surface area contributed by atoms with Gasteiger partial charge in [-0.2, -0.15) is 0 Å². The number of carbonyl (C=O) groups excluding carboxylic acids is 1. The van der Waals surface area contributed by atoms with Gasteiger partial charge in [-0.15, -0.1) is 11.3 Å². The van der Waals surface area contributed by atoms with Crippen LogP contribution >= 0.6 is 67.9 Å². The summed E-state index contributed by atoms with van der Waals surface area (Å²) in [7, 11) is 0. The molecule has 0 unspecified atom stereocenters. The molecule has 7 rings (SSSR count). The van der Waals surface area contributed by atoms with E-state index in [1.54, 1.807) is 11.5 Å². The van der Waals surface area contributed by atoms with E-state index >= 15 is 0 Å². The lowest BCUT2D eigenvalue weighted by atomic mass is 9.97. The predicted octanol–water partition coefficient (Wildman–Crippen LogP) is 7.94. The predicted molar refractivity (Wildman–Crippen MR) is 206 cm³/mol. The van der Waals surface area contributed by atoms with Crippen LogP contribution in [0.3, 0.4) is 0 Å². The Kier molecular flexibility index (Phi) is 9.44. The van der Waals surface area contributed by atoms with Crippen LogP contribution in [0, 0.1) is 7.14 Å². The van der Waals surface area contributed by atoms with E-state index in [4.69, 9.17) is 14.5 Å². The molecule has 1 aliphatic rings. The maximum Gasteiger partial charge on any atom is 0.338 e. The van der Waals surface area contributed by atoms with Gasteiger partial charge in [0.05, 0.1) is 26.0 Å². The van der Waals surface area contributed by atoms with Gasteiger partial charge in [-0.05, 0) is 98.1 Å². The highest BCUT2D eigenvalue weighted by molar-refractivity contribution is 14.1. The summed E-state index contributed by atoms with van der Waals surface area (Å²) >= 11 is 7.38. The highest BCUT2D eigenvalue weighted by Gasteiger charge is 2.35. The zero-order chi connectivity index (χ0) is 32.5. The average Bonchev–Trinajstić information content (AvgIpc) is 3.72. The van der Waals surface area contributed by atoms with E-state index in [9.17, 15) is 9.59 Å². The van der Waals surface area contributed by atoms with Crippen molar-refractivity contribution in [3.8, 4) is 5.75 Å². The van der Waals surface area contributed by atoms with Crippen molar-refractivity contribution < 1.29 is 14.3 Å². The maximum absolute atomic E-state index is 14.4. The Balaban J connectivity index is 1.38. The van der Waals surface area contributed by atoms with Crippen molar-refractivity contribution in [3.63, 3.8) is 0 Å². The first kappa shape index (κ1) is 32.0.